The molecule has 0 saturated carbocycles. The second-order valence-electron chi connectivity index (χ2n) is 7.15. The number of amides is 1. The summed E-state index contributed by atoms with van der Waals surface area (Å²) in [7, 11) is 0.644. The Bertz CT molecular complexity index is 956. The summed E-state index contributed by atoms with van der Waals surface area (Å²) in [6.07, 6.45) is 0. The van der Waals surface area contributed by atoms with E-state index in [1.54, 1.807) is 13.2 Å². The molecule has 0 fully saturated rings. The average Bonchev–Trinajstić information content (AvgIpc) is 2.68. The largest absolute Gasteiger partial charge is 0.497 e. The average molecular weight is 420 g/mol. The van der Waals surface area contributed by atoms with E-state index in [4.69, 9.17) is 4.74 Å². The van der Waals surface area contributed by atoms with Crippen molar-refractivity contribution in [3.05, 3.63) is 59.2 Å². The Hall–Kier alpha value is -2.58. The summed E-state index contributed by atoms with van der Waals surface area (Å²) in [5.41, 5.74) is 3.08. The van der Waals surface area contributed by atoms with Crippen LogP contribution < -0.4 is 14.4 Å². The van der Waals surface area contributed by atoms with E-state index in [1.165, 1.54) is 14.1 Å². The van der Waals surface area contributed by atoms with Crippen LogP contribution in [0.15, 0.2) is 42.5 Å². The van der Waals surface area contributed by atoms with Crippen LogP contribution >= 0.6 is 0 Å². The third-order valence-corrected chi connectivity index (χ3v) is 6.46. The zero-order valence-corrected chi connectivity index (χ0v) is 18.6. The van der Waals surface area contributed by atoms with Crippen LogP contribution in [0.25, 0.3) is 0 Å². The van der Waals surface area contributed by atoms with Crippen molar-refractivity contribution in [2.24, 2.45) is 0 Å². The van der Waals surface area contributed by atoms with Gasteiger partial charge in [-0.05, 0) is 55.7 Å². The first kappa shape index (κ1) is 22.7. The van der Waals surface area contributed by atoms with Gasteiger partial charge in [-0.2, -0.15) is 12.7 Å². The van der Waals surface area contributed by atoms with Crippen LogP contribution in [0.2, 0.25) is 0 Å². The van der Waals surface area contributed by atoms with Gasteiger partial charge in [-0.25, -0.2) is 4.31 Å². The van der Waals surface area contributed by atoms with Crippen molar-refractivity contribution in [2.45, 2.75) is 26.8 Å². The highest BCUT2D eigenvalue weighted by atomic mass is 32.2. The molecule has 1 N–H and O–H groups in total. The van der Waals surface area contributed by atoms with Gasteiger partial charge in [0.1, 0.15) is 12.3 Å². The Labute approximate surface area is 173 Å². The maximum Gasteiger partial charge on any atom is 0.304 e. The highest BCUT2D eigenvalue weighted by Crippen LogP contribution is 2.25. The Balaban J connectivity index is 2.26. The van der Waals surface area contributed by atoms with Gasteiger partial charge in [0, 0.05) is 14.1 Å². The monoisotopic (exact) mass is 419 g/mol. The molecule has 0 unspecified atom stereocenters. The van der Waals surface area contributed by atoms with Crippen molar-refractivity contribution in [2.75, 3.05) is 32.1 Å². The number of methoxy groups -OCH3 is 1. The van der Waals surface area contributed by atoms with Crippen LogP contribution in [0.5, 0.6) is 5.75 Å². The van der Waals surface area contributed by atoms with E-state index >= 15 is 0 Å². The van der Waals surface area contributed by atoms with Gasteiger partial charge in [0.2, 0.25) is 5.91 Å². The first-order chi connectivity index (χ1) is 13.6. The van der Waals surface area contributed by atoms with Gasteiger partial charge in [-0.3, -0.25) is 4.79 Å². The molecule has 0 aliphatic heterocycles. The molecule has 0 heterocycles. The van der Waals surface area contributed by atoms with Crippen LogP contribution in [0, 0.1) is 13.8 Å². The third kappa shape index (κ3) is 5.48. The summed E-state index contributed by atoms with van der Waals surface area (Å²) in [5, 5.41) is 2.87. The molecule has 29 heavy (non-hydrogen) atoms. The molecule has 0 bridgehead atoms. The molecule has 2 rings (SSSR count). The number of rotatable bonds is 8. The summed E-state index contributed by atoms with van der Waals surface area (Å²) in [5.74, 6) is 0.338. The predicted molar refractivity (Wildman–Crippen MR) is 115 cm³/mol. The van der Waals surface area contributed by atoms with Crippen molar-refractivity contribution < 1.29 is 17.9 Å². The lowest BCUT2D eigenvalue weighted by atomic mass is 10.1. The summed E-state index contributed by atoms with van der Waals surface area (Å²) < 4.78 is 33.2. The van der Waals surface area contributed by atoms with Crippen molar-refractivity contribution in [1.29, 1.82) is 0 Å². The molecule has 0 saturated heterocycles. The standard InChI is InChI=1S/C21H29N3O4S/c1-15-7-8-16(2)20(13-15)24(29(26,27)23(4)5)14-21(25)22-17(3)18-9-11-19(28-6)12-10-18/h7-13,17H,14H2,1-6H3,(H,22,25)/t17-/m1/s1. The number of hydrogen-bond donors (Lipinski definition) is 1. The molecule has 2 aromatic carbocycles. The SMILES string of the molecule is COc1ccc([C@@H](C)NC(=O)CN(c2cc(C)ccc2C)S(=O)(=O)N(C)C)cc1. The zero-order valence-electron chi connectivity index (χ0n) is 17.8. The summed E-state index contributed by atoms with van der Waals surface area (Å²) >= 11 is 0. The van der Waals surface area contributed by atoms with E-state index in [9.17, 15) is 13.2 Å². The second-order valence-corrected chi connectivity index (χ2v) is 9.22. The molecule has 1 amide bonds. The van der Waals surface area contributed by atoms with Crippen LogP contribution in [0.3, 0.4) is 0 Å². The number of carbonyl (C=O) groups is 1. The summed E-state index contributed by atoms with van der Waals surface area (Å²) in [4.78, 5) is 12.7. The molecular weight excluding hydrogens is 390 g/mol. The molecule has 158 valence electrons. The van der Waals surface area contributed by atoms with Crippen molar-refractivity contribution in [1.82, 2.24) is 9.62 Å². The van der Waals surface area contributed by atoms with Crippen LogP contribution in [-0.2, 0) is 15.0 Å². The van der Waals surface area contributed by atoms with Crippen LogP contribution in [0.1, 0.15) is 29.7 Å². The van der Waals surface area contributed by atoms with E-state index in [1.807, 2.05) is 57.2 Å². The lowest BCUT2D eigenvalue weighted by molar-refractivity contribution is -0.120. The number of aryl methyl sites for hydroxylation is 2. The maximum absolute atomic E-state index is 12.9. The normalized spacial score (nSPS) is 12.5. The minimum absolute atomic E-state index is 0.282. The van der Waals surface area contributed by atoms with Crippen LogP contribution in [-0.4, -0.2) is 46.4 Å². The molecular formula is C21H29N3O4S. The Kier molecular flexibility index (Phi) is 7.26. The van der Waals surface area contributed by atoms with Crippen molar-refractivity contribution >= 4 is 21.8 Å². The molecule has 0 spiro atoms. The molecule has 0 radical (unpaired) electrons. The maximum atomic E-state index is 12.9. The number of anilines is 1. The van der Waals surface area contributed by atoms with Gasteiger partial charge in [-0.1, -0.05) is 24.3 Å². The number of ether oxygens (including phenoxy) is 1. The fraction of sp³-hybridized carbons (Fsp3) is 0.381. The molecule has 0 aliphatic rings. The van der Waals surface area contributed by atoms with Gasteiger partial charge in [0.05, 0.1) is 18.8 Å². The van der Waals surface area contributed by atoms with Gasteiger partial charge in [0.15, 0.2) is 0 Å². The minimum Gasteiger partial charge on any atom is -0.497 e. The fourth-order valence-electron chi connectivity index (χ4n) is 2.87. The third-order valence-electron chi connectivity index (χ3n) is 4.65. The minimum atomic E-state index is -3.85. The number of carbonyl (C=O) groups excluding carboxylic acids is 1. The van der Waals surface area contributed by atoms with Gasteiger partial charge >= 0.3 is 10.2 Å². The summed E-state index contributed by atoms with van der Waals surface area (Å²) in [6, 6.07) is 12.6. The number of nitrogens with one attached hydrogen (secondary N) is 1. The molecule has 1 atom stereocenters. The second kappa shape index (κ2) is 9.28. The van der Waals surface area contributed by atoms with Gasteiger partial charge in [-0.15, -0.1) is 0 Å². The molecule has 0 aliphatic carbocycles. The smallest absolute Gasteiger partial charge is 0.304 e. The van der Waals surface area contributed by atoms with E-state index in [-0.39, 0.29) is 18.5 Å². The number of hydrogen-bond acceptors (Lipinski definition) is 4. The molecule has 8 heteroatoms. The highest BCUT2D eigenvalue weighted by Gasteiger charge is 2.29. The molecule has 2 aromatic rings. The Morgan fingerprint density at radius 1 is 1.10 bits per heavy atom. The first-order valence-electron chi connectivity index (χ1n) is 9.27. The molecule has 7 nitrogen and oxygen atoms in total. The predicted octanol–water partition coefficient (Wildman–Crippen LogP) is 2.80. The molecule has 0 aromatic heterocycles. The zero-order chi connectivity index (χ0) is 21.8. The number of nitrogens with zero attached hydrogens (tertiary/aromatic N) is 2. The van der Waals surface area contributed by atoms with E-state index in [2.05, 4.69) is 5.32 Å². The Morgan fingerprint density at radius 2 is 1.72 bits per heavy atom. The topological polar surface area (TPSA) is 79.0 Å². The Morgan fingerprint density at radius 3 is 2.28 bits per heavy atom. The van der Waals surface area contributed by atoms with E-state index < -0.39 is 10.2 Å². The van der Waals surface area contributed by atoms with Crippen LogP contribution in [0.4, 0.5) is 5.69 Å². The summed E-state index contributed by atoms with van der Waals surface area (Å²) in [6.45, 7) is 5.24. The highest BCUT2D eigenvalue weighted by molar-refractivity contribution is 7.90. The lowest BCUT2D eigenvalue weighted by Crippen LogP contribution is -2.46. The van der Waals surface area contributed by atoms with Gasteiger partial charge < -0.3 is 10.1 Å². The van der Waals surface area contributed by atoms with E-state index in [0.29, 0.717) is 5.69 Å². The first-order valence-corrected chi connectivity index (χ1v) is 10.7. The van der Waals surface area contributed by atoms with Crippen molar-refractivity contribution in [3.63, 3.8) is 0 Å². The lowest BCUT2D eigenvalue weighted by Gasteiger charge is -2.29. The number of benzene rings is 2. The van der Waals surface area contributed by atoms with Crippen molar-refractivity contribution in [3.8, 4) is 5.75 Å². The quantitative estimate of drug-likeness (QED) is 0.714. The van der Waals surface area contributed by atoms with E-state index in [0.717, 1.165) is 31.1 Å². The fourth-order valence-corrected chi connectivity index (χ4v) is 3.99. The van der Waals surface area contributed by atoms with Gasteiger partial charge in [0.25, 0.3) is 0 Å².